The van der Waals surface area contributed by atoms with Gasteiger partial charge in [0.1, 0.15) is 0 Å². The number of methoxy groups -OCH3 is 1. The fourth-order valence-corrected chi connectivity index (χ4v) is 2.24. The van der Waals surface area contributed by atoms with Crippen LogP contribution in [0.1, 0.15) is 31.5 Å². The van der Waals surface area contributed by atoms with E-state index in [1.54, 1.807) is 18.4 Å². The van der Waals surface area contributed by atoms with E-state index in [4.69, 9.17) is 4.74 Å². The Morgan fingerprint density at radius 2 is 2.25 bits per heavy atom. The summed E-state index contributed by atoms with van der Waals surface area (Å²) < 4.78 is 5.20. The third kappa shape index (κ3) is 4.20. The van der Waals surface area contributed by atoms with Crippen molar-refractivity contribution < 1.29 is 4.74 Å². The van der Waals surface area contributed by atoms with E-state index in [0.717, 1.165) is 25.3 Å². The van der Waals surface area contributed by atoms with Crippen molar-refractivity contribution in [3.63, 3.8) is 0 Å². The second kappa shape index (κ2) is 6.99. The van der Waals surface area contributed by atoms with E-state index in [9.17, 15) is 0 Å². The highest BCUT2D eigenvalue weighted by Gasteiger charge is 2.12. The van der Waals surface area contributed by atoms with Crippen LogP contribution in [0.15, 0.2) is 5.38 Å². The van der Waals surface area contributed by atoms with Crippen molar-refractivity contribution in [2.75, 3.05) is 13.7 Å². The molecule has 1 atom stereocenters. The monoisotopic (exact) mass is 242 g/mol. The molecular weight excluding hydrogens is 220 g/mol. The molecule has 92 valence electrons. The normalized spacial score (nSPS) is 13.3. The Labute approximate surface area is 102 Å². The summed E-state index contributed by atoms with van der Waals surface area (Å²) in [6.07, 6.45) is 1.02. The Morgan fingerprint density at radius 1 is 1.50 bits per heavy atom. The Bertz CT molecular complexity index is 299. The van der Waals surface area contributed by atoms with Gasteiger partial charge in [-0.05, 0) is 12.3 Å². The van der Waals surface area contributed by atoms with E-state index in [0.29, 0.717) is 12.0 Å². The molecule has 3 nitrogen and oxygen atoms in total. The summed E-state index contributed by atoms with van der Waals surface area (Å²) in [5.41, 5.74) is 1.14. The number of aryl methyl sites for hydroxylation is 1. The molecule has 16 heavy (non-hydrogen) atoms. The van der Waals surface area contributed by atoms with Crippen LogP contribution in [-0.2, 0) is 17.7 Å². The highest BCUT2D eigenvalue weighted by Crippen LogP contribution is 2.11. The average Bonchev–Trinajstić information content (AvgIpc) is 2.71. The van der Waals surface area contributed by atoms with Crippen molar-refractivity contribution in [1.29, 1.82) is 0 Å². The van der Waals surface area contributed by atoms with Crippen LogP contribution in [-0.4, -0.2) is 24.7 Å². The van der Waals surface area contributed by atoms with Crippen molar-refractivity contribution >= 4 is 11.3 Å². The SMILES string of the molecule is CCc1nc(CNC(COC)C(C)C)cs1. The van der Waals surface area contributed by atoms with Gasteiger partial charge in [0.05, 0.1) is 17.3 Å². The lowest BCUT2D eigenvalue weighted by atomic mass is 10.1. The van der Waals surface area contributed by atoms with Gasteiger partial charge in [-0.25, -0.2) is 4.98 Å². The molecule has 0 fully saturated rings. The summed E-state index contributed by atoms with van der Waals surface area (Å²) in [7, 11) is 1.75. The maximum atomic E-state index is 5.20. The van der Waals surface area contributed by atoms with Gasteiger partial charge in [-0.3, -0.25) is 0 Å². The Morgan fingerprint density at radius 3 is 2.75 bits per heavy atom. The highest BCUT2D eigenvalue weighted by molar-refractivity contribution is 7.09. The number of thiazole rings is 1. The Kier molecular flexibility index (Phi) is 5.95. The third-order valence-electron chi connectivity index (χ3n) is 2.60. The first-order valence-corrected chi connectivity index (χ1v) is 6.71. The Balaban J connectivity index is 2.42. The molecule has 0 bridgehead atoms. The zero-order chi connectivity index (χ0) is 12.0. The Hall–Kier alpha value is -0.450. The van der Waals surface area contributed by atoms with Crippen LogP contribution in [0.5, 0.6) is 0 Å². The molecule has 0 radical (unpaired) electrons. The first-order chi connectivity index (χ1) is 7.67. The molecule has 0 saturated carbocycles. The van der Waals surface area contributed by atoms with Gasteiger partial charge in [-0.2, -0.15) is 0 Å². The van der Waals surface area contributed by atoms with Crippen LogP contribution in [0.25, 0.3) is 0 Å². The molecule has 1 unspecified atom stereocenters. The number of ether oxygens (including phenoxy) is 1. The molecule has 4 heteroatoms. The third-order valence-corrected chi connectivity index (χ3v) is 3.64. The summed E-state index contributed by atoms with van der Waals surface area (Å²) in [6, 6.07) is 0.400. The molecule has 0 aliphatic heterocycles. The number of hydrogen-bond acceptors (Lipinski definition) is 4. The molecular formula is C12H22N2OS. The quantitative estimate of drug-likeness (QED) is 0.797. The van der Waals surface area contributed by atoms with E-state index in [-0.39, 0.29) is 0 Å². The minimum absolute atomic E-state index is 0.400. The van der Waals surface area contributed by atoms with Crippen LogP contribution in [0.4, 0.5) is 0 Å². The number of rotatable bonds is 7. The van der Waals surface area contributed by atoms with Crippen LogP contribution in [0.3, 0.4) is 0 Å². The molecule has 1 heterocycles. The molecule has 0 aliphatic carbocycles. The van der Waals surface area contributed by atoms with E-state index >= 15 is 0 Å². The summed E-state index contributed by atoms with van der Waals surface area (Å²) in [6.45, 7) is 8.13. The second-order valence-electron chi connectivity index (χ2n) is 4.27. The summed E-state index contributed by atoms with van der Waals surface area (Å²) in [4.78, 5) is 4.54. The molecule has 0 aromatic carbocycles. The summed E-state index contributed by atoms with van der Waals surface area (Å²) >= 11 is 1.74. The number of nitrogens with zero attached hydrogens (tertiary/aromatic N) is 1. The van der Waals surface area contributed by atoms with Crippen LogP contribution in [0, 0.1) is 5.92 Å². The van der Waals surface area contributed by atoms with Gasteiger partial charge >= 0.3 is 0 Å². The number of aromatic nitrogens is 1. The predicted octanol–water partition coefficient (Wildman–Crippen LogP) is 2.47. The van der Waals surface area contributed by atoms with Crippen molar-refractivity contribution in [2.24, 2.45) is 5.92 Å². The minimum Gasteiger partial charge on any atom is -0.383 e. The number of hydrogen-bond donors (Lipinski definition) is 1. The standard InChI is InChI=1S/C12H22N2OS/c1-5-12-14-10(8-16-12)6-13-11(7-15-4)9(2)3/h8-9,11,13H,5-7H2,1-4H3. The zero-order valence-corrected chi connectivity index (χ0v) is 11.4. The van der Waals surface area contributed by atoms with Gasteiger partial charge in [0.25, 0.3) is 0 Å². The van der Waals surface area contributed by atoms with Gasteiger partial charge < -0.3 is 10.1 Å². The van der Waals surface area contributed by atoms with Gasteiger partial charge in [0.15, 0.2) is 0 Å². The predicted molar refractivity (Wildman–Crippen MR) is 68.8 cm³/mol. The van der Waals surface area contributed by atoms with E-state index in [2.05, 4.69) is 36.5 Å². The lowest BCUT2D eigenvalue weighted by molar-refractivity contribution is 0.146. The zero-order valence-electron chi connectivity index (χ0n) is 10.6. The molecule has 0 spiro atoms. The van der Waals surface area contributed by atoms with Gasteiger partial charge in [-0.1, -0.05) is 20.8 Å². The van der Waals surface area contributed by atoms with Crippen LogP contribution >= 0.6 is 11.3 Å². The van der Waals surface area contributed by atoms with E-state index in [1.807, 2.05) is 0 Å². The second-order valence-corrected chi connectivity index (χ2v) is 5.22. The summed E-state index contributed by atoms with van der Waals surface area (Å²) in [5.74, 6) is 0.573. The number of nitrogens with one attached hydrogen (secondary N) is 1. The summed E-state index contributed by atoms with van der Waals surface area (Å²) in [5, 5.41) is 6.84. The van der Waals surface area contributed by atoms with E-state index < -0.39 is 0 Å². The minimum atomic E-state index is 0.400. The largest absolute Gasteiger partial charge is 0.383 e. The van der Waals surface area contributed by atoms with Crippen molar-refractivity contribution in [3.8, 4) is 0 Å². The lowest BCUT2D eigenvalue weighted by Gasteiger charge is -2.20. The molecule has 0 aliphatic rings. The molecule has 1 rings (SSSR count). The van der Waals surface area contributed by atoms with Crippen LogP contribution in [0.2, 0.25) is 0 Å². The fraction of sp³-hybridized carbons (Fsp3) is 0.750. The smallest absolute Gasteiger partial charge is 0.0926 e. The first kappa shape index (κ1) is 13.6. The van der Waals surface area contributed by atoms with Crippen molar-refractivity contribution in [3.05, 3.63) is 16.1 Å². The van der Waals surface area contributed by atoms with Crippen molar-refractivity contribution in [1.82, 2.24) is 10.3 Å². The molecule has 1 N–H and O–H groups in total. The molecule has 1 aromatic rings. The topological polar surface area (TPSA) is 34.2 Å². The lowest BCUT2D eigenvalue weighted by Crippen LogP contribution is -2.37. The maximum absolute atomic E-state index is 5.20. The first-order valence-electron chi connectivity index (χ1n) is 5.83. The molecule has 0 amide bonds. The molecule has 0 saturated heterocycles. The maximum Gasteiger partial charge on any atom is 0.0926 e. The van der Waals surface area contributed by atoms with Gasteiger partial charge in [0.2, 0.25) is 0 Å². The van der Waals surface area contributed by atoms with E-state index in [1.165, 1.54) is 5.01 Å². The van der Waals surface area contributed by atoms with Gasteiger partial charge in [-0.15, -0.1) is 11.3 Å². The van der Waals surface area contributed by atoms with Crippen molar-refractivity contribution in [2.45, 2.75) is 39.8 Å². The molecule has 1 aromatic heterocycles. The highest BCUT2D eigenvalue weighted by atomic mass is 32.1. The fourth-order valence-electron chi connectivity index (χ4n) is 1.49. The van der Waals surface area contributed by atoms with Crippen LogP contribution < -0.4 is 5.32 Å². The van der Waals surface area contributed by atoms with Gasteiger partial charge in [0, 0.05) is 25.1 Å². The average molecular weight is 242 g/mol.